The summed E-state index contributed by atoms with van der Waals surface area (Å²) in [6.07, 6.45) is 4.32. The minimum Gasteiger partial charge on any atom is -0.278 e. The Morgan fingerprint density at radius 3 is 2.58 bits per heavy atom. The molecule has 70 valence electrons. The first-order valence-corrected chi connectivity index (χ1v) is 5.73. The second-order valence-corrected chi connectivity index (χ2v) is 5.01. The Labute approximate surface area is 72.4 Å². The molecule has 1 rings (SSSR count). The number of hydrogen-bond acceptors (Lipinski definition) is 3. The molecule has 5 heteroatoms. The molecule has 0 aromatic heterocycles. The molecule has 0 aliphatic heterocycles. The van der Waals surface area contributed by atoms with Crippen LogP contribution in [-0.4, -0.2) is 20.6 Å². The van der Waals surface area contributed by atoms with Crippen LogP contribution in [0.2, 0.25) is 0 Å². The van der Waals surface area contributed by atoms with E-state index < -0.39 is 10.0 Å². The number of hydrogen-bond donors (Lipinski definition) is 1. The molecule has 1 fully saturated rings. The zero-order valence-corrected chi connectivity index (χ0v) is 7.64. The van der Waals surface area contributed by atoms with Gasteiger partial charge in [0, 0.05) is 0 Å². The van der Waals surface area contributed by atoms with Gasteiger partial charge >= 0.3 is 0 Å². The molecule has 0 radical (unpaired) electrons. The van der Waals surface area contributed by atoms with Gasteiger partial charge in [0.25, 0.3) is 0 Å². The van der Waals surface area contributed by atoms with Crippen molar-refractivity contribution in [2.24, 2.45) is 5.92 Å². The van der Waals surface area contributed by atoms with Gasteiger partial charge in [0.05, 0.1) is 5.75 Å². The summed E-state index contributed by atoms with van der Waals surface area (Å²) < 4.78 is 23.6. The summed E-state index contributed by atoms with van der Waals surface area (Å²) in [6, 6.07) is 0. The number of nitrogens with one attached hydrogen (secondary N) is 1. The van der Waals surface area contributed by atoms with Gasteiger partial charge in [-0.05, 0) is 18.8 Å². The minimum absolute atomic E-state index is 0.0717. The second-order valence-electron chi connectivity index (χ2n) is 3.14. The molecular weight excluding hydrogens is 178 g/mol. The molecule has 0 aromatic rings. The zero-order valence-electron chi connectivity index (χ0n) is 6.82. The van der Waals surface area contributed by atoms with E-state index in [9.17, 15) is 13.2 Å². The van der Waals surface area contributed by atoms with Gasteiger partial charge in [0.1, 0.15) is 0 Å². The Morgan fingerprint density at radius 2 is 2.08 bits per heavy atom. The summed E-state index contributed by atoms with van der Waals surface area (Å²) in [7, 11) is -3.32. The zero-order chi connectivity index (χ0) is 9.03. The van der Waals surface area contributed by atoms with E-state index in [1.807, 2.05) is 4.72 Å². The fourth-order valence-electron chi connectivity index (χ4n) is 1.10. The first kappa shape index (κ1) is 9.51. The van der Waals surface area contributed by atoms with Crippen molar-refractivity contribution in [2.45, 2.75) is 25.7 Å². The Balaban J connectivity index is 2.14. The van der Waals surface area contributed by atoms with Gasteiger partial charge in [-0.25, -0.2) is 8.42 Å². The fourth-order valence-corrected chi connectivity index (χ4v) is 1.91. The van der Waals surface area contributed by atoms with Crippen LogP contribution in [0.15, 0.2) is 0 Å². The van der Waals surface area contributed by atoms with Crippen LogP contribution in [0.25, 0.3) is 0 Å². The van der Waals surface area contributed by atoms with Crippen LogP contribution < -0.4 is 4.72 Å². The van der Waals surface area contributed by atoms with Crippen molar-refractivity contribution in [3.8, 4) is 0 Å². The predicted molar refractivity (Wildman–Crippen MR) is 44.9 cm³/mol. The molecule has 4 nitrogen and oxygen atoms in total. The van der Waals surface area contributed by atoms with Gasteiger partial charge in [-0.15, -0.1) is 0 Å². The van der Waals surface area contributed by atoms with Crippen LogP contribution in [0.5, 0.6) is 0 Å². The monoisotopic (exact) mass is 191 g/mol. The SMILES string of the molecule is O=CNS(=O)(=O)CCCC1CC1. The van der Waals surface area contributed by atoms with Gasteiger partial charge in [-0.1, -0.05) is 12.8 Å². The van der Waals surface area contributed by atoms with Crippen molar-refractivity contribution in [1.82, 2.24) is 4.72 Å². The highest BCUT2D eigenvalue weighted by Gasteiger charge is 2.21. The van der Waals surface area contributed by atoms with E-state index in [-0.39, 0.29) is 12.2 Å². The lowest BCUT2D eigenvalue weighted by atomic mass is 10.2. The third-order valence-corrected chi connectivity index (χ3v) is 3.23. The van der Waals surface area contributed by atoms with E-state index in [1.165, 1.54) is 12.8 Å². The highest BCUT2D eigenvalue weighted by molar-refractivity contribution is 7.89. The summed E-state index contributed by atoms with van der Waals surface area (Å²) in [6.45, 7) is 0. The van der Waals surface area contributed by atoms with Crippen LogP contribution in [-0.2, 0) is 14.8 Å². The van der Waals surface area contributed by atoms with E-state index in [4.69, 9.17) is 0 Å². The van der Waals surface area contributed by atoms with Gasteiger partial charge in [-0.2, -0.15) is 0 Å². The minimum atomic E-state index is -3.32. The highest BCUT2D eigenvalue weighted by atomic mass is 32.2. The van der Waals surface area contributed by atoms with Crippen LogP contribution in [0, 0.1) is 5.92 Å². The molecule has 1 amide bonds. The van der Waals surface area contributed by atoms with Crippen molar-refractivity contribution in [1.29, 1.82) is 0 Å². The lowest BCUT2D eigenvalue weighted by molar-refractivity contribution is -0.108. The molecule has 1 N–H and O–H groups in total. The Kier molecular flexibility index (Phi) is 3.08. The maximum absolute atomic E-state index is 10.9. The number of amides is 1. The smallest absolute Gasteiger partial charge is 0.234 e. The second kappa shape index (κ2) is 3.89. The van der Waals surface area contributed by atoms with Crippen molar-refractivity contribution < 1.29 is 13.2 Å². The maximum atomic E-state index is 10.9. The number of rotatable bonds is 6. The summed E-state index contributed by atoms with van der Waals surface area (Å²) in [5.41, 5.74) is 0. The molecule has 1 saturated carbocycles. The number of sulfonamides is 1. The van der Waals surface area contributed by atoms with Crippen molar-refractivity contribution in [3.05, 3.63) is 0 Å². The molecule has 12 heavy (non-hydrogen) atoms. The maximum Gasteiger partial charge on any atom is 0.234 e. The quantitative estimate of drug-likeness (QED) is 0.612. The molecular formula is C7H13NO3S. The summed E-state index contributed by atoms with van der Waals surface area (Å²) in [5, 5.41) is 0. The highest BCUT2D eigenvalue weighted by Crippen LogP contribution is 2.33. The van der Waals surface area contributed by atoms with Gasteiger partial charge < -0.3 is 0 Å². The van der Waals surface area contributed by atoms with Crippen LogP contribution in [0.1, 0.15) is 25.7 Å². The molecule has 0 unspecified atom stereocenters. The topological polar surface area (TPSA) is 63.2 Å². The Hall–Kier alpha value is -0.580. The first-order valence-electron chi connectivity index (χ1n) is 4.08. The van der Waals surface area contributed by atoms with E-state index in [1.54, 1.807) is 0 Å². The van der Waals surface area contributed by atoms with Gasteiger partial charge in [0.15, 0.2) is 0 Å². The largest absolute Gasteiger partial charge is 0.278 e. The summed E-state index contributed by atoms with van der Waals surface area (Å²) >= 11 is 0. The van der Waals surface area contributed by atoms with Crippen molar-refractivity contribution >= 4 is 16.4 Å². The van der Waals surface area contributed by atoms with Crippen molar-refractivity contribution in [2.75, 3.05) is 5.75 Å². The van der Waals surface area contributed by atoms with E-state index in [0.29, 0.717) is 6.42 Å². The van der Waals surface area contributed by atoms with Gasteiger partial charge in [0.2, 0.25) is 16.4 Å². The molecule has 0 aromatic carbocycles. The fraction of sp³-hybridized carbons (Fsp3) is 0.857. The van der Waals surface area contributed by atoms with E-state index in [2.05, 4.69) is 0 Å². The molecule has 1 aliphatic rings. The van der Waals surface area contributed by atoms with Crippen LogP contribution >= 0.6 is 0 Å². The Bertz CT molecular complexity index is 243. The lowest BCUT2D eigenvalue weighted by Gasteiger charge is -2.00. The molecule has 0 atom stereocenters. The molecule has 1 aliphatic carbocycles. The molecule has 0 spiro atoms. The third kappa shape index (κ3) is 3.71. The van der Waals surface area contributed by atoms with E-state index in [0.717, 1.165) is 12.3 Å². The normalized spacial score (nSPS) is 17.3. The van der Waals surface area contributed by atoms with Crippen LogP contribution in [0.3, 0.4) is 0 Å². The van der Waals surface area contributed by atoms with E-state index >= 15 is 0 Å². The number of carbonyl (C=O) groups is 1. The van der Waals surface area contributed by atoms with Crippen LogP contribution in [0.4, 0.5) is 0 Å². The average molecular weight is 191 g/mol. The molecule has 0 bridgehead atoms. The standard InChI is InChI=1S/C7H13NO3S/c9-6-8-12(10,11)5-1-2-7-3-4-7/h6-7H,1-5H2,(H,8,9). The third-order valence-electron chi connectivity index (χ3n) is 1.95. The summed E-state index contributed by atoms with van der Waals surface area (Å²) in [5.74, 6) is 0.818. The molecule has 0 heterocycles. The number of carbonyl (C=O) groups excluding carboxylic acids is 1. The lowest BCUT2D eigenvalue weighted by Crippen LogP contribution is -2.24. The average Bonchev–Trinajstić information content (AvgIpc) is 2.70. The molecule has 0 saturated heterocycles. The van der Waals surface area contributed by atoms with Gasteiger partial charge in [-0.3, -0.25) is 9.52 Å². The first-order chi connectivity index (χ1) is 5.64. The van der Waals surface area contributed by atoms with Crippen molar-refractivity contribution in [3.63, 3.8) is 0 Å². The summed E-state index contributed by atoms with van der Waals surface area (Å²) in [4.78, 5) is 9.84. The Morgan fingerprint density at radius 1 is 1.42 bits per heavy atom. The predicted octanol–water partition coefficient (Wildman–Crippen LogP) is 0.252.